The summed E-state index contributed by atoms with van der Waals surface area (Å²) >= 11 is 11.5. The third-order valence-electron chi connectivity index (χ3n) is 5.14. The second-order valence-electron chi connectivity index (χ2n) is 8.95. The van der Waals surface area contributed by atoms with Crippen LogP contribution in [-0.2, 0) is 9.53 Å². The van der Waals surface area contributed by atoms with Gasteiger partial charge in [0.1, 0.15) is 12.2 Å². The predicted octanol–water partition coefficient (Wildman–Crippen LogP) is 4.90. The van der Waals surface area contributed by atoms with E-state index in [1.54, 1.807) is 25.2 Å². The number of ether oxygens (including phenoxy) is 3. The van der Waals surface area contributed by atoms with Gasteiger partial charge in [-0.2, -0.15) is 0 Å². The highest BCUT2D eigenvalue weighted by atomic mass is 35.5. The average Bonchev–Trinajstić information content (AvgIpc) is 2.82. The first-order chi connectivity index (χ1) is 15.1. The molecule has 1 amide bonds. The number of anilines is 1. The fourth-order valence-electron chi connectivity index (χ4n) is 3.88. The van der Waals surface area contributed by atoms with Crippen molar-refractivity contribution in [2.75, 3.05) is 25.7 Å². The Bertz CT molecular complexity index is 1020. The molecular weight excluding hydrogens is 448 g/mol. The number of methoxy groups -OCH3 is 2. The van der Waals surface area contributed by atoms with Crippen molar-refractivity contribution in [2.24, 2.45) is 11.1 Å². The Balaban J connectivity index is 2.27. The molecule has 6 nitrogen and oxygen atoms in total. The lowest BCUT2D eigenvalue weighted by molar-refractivity contribution is -0.131. The highest BCUT2D eigenvalue weighted by molar-refractivity contribution is 7.80. The molecule has 0 aromatic heterocycles. The number of thiocarbonyl (C=S) groups is 1. The number of amides is 1. The topological polar surface area (TPSA) is 74.0 Å². The van der Waals surface area contributed by atoms with E-state index in [4.69, 9.17) is 43.8 Å². The number of nitrogens with two attached hydrogens (primary N) is 1. The maximum Gasteiger partial charge on any atom is 0.256 e. The van der Waals surface area contributed by atoms with Gasteiger partial charge in [-0.3, -0.25) is 4.79 Å². The number of hydrogen-bond acceptors (Lipinski definition) is 5. The molecule has 172 valence electrons. The minimum atomic E-state index is -0.859. The lowest BCUT2D eigenvalue weighted by Crippen LogP contribution is -2.44. The average molecular weight is 477 g/mol. The van der Waals surface area contributed by atoms with Crippen molar-refractivity contribution in [3.05, 3.63) is 52.5 Å². The zero-order valence-electron chi connectivity index (χ0n) is 19.0. The van der Waals surface area contributed by atoms with E-state index in [1.165, 1.54) is 0 Å². The lowest BCUT2D eigenvalue weighted by Gasteiger charge is -2.31. The van der Waals surface area contributed by atoms with E-state index in [-0.39, 0.29) is 22.7 Å². The molecule has 2 N–H and O–H groups in total. The molecule has 32 heavy (non-hydrogen) atoms. The van der Waals surface area contributed by atoms with Crippen molar-refractivity contribution in [3.63, 3.8) is 0 Å². The standard InChI is InChI=1S/C24H29ClN2O4S/c1-24(2,3)13-27-17-10-9-14(25)11-16(17)21(31-19(23(27)28)12-20(26)32)15-7-6-8-18(29-4)22(15)30-5/h6-11,19,21H,12-13H2,1-5H3,(H2,26,32)/t19-,21-/m1/s1. The van der Waals surface area contributed by atoms with Gasteiger partial charge in [-0.1, -0.05) is 56.7 Å². The van der Waals surface area contributed by atoms with Crippen LogP contribution in [0.15, 0.2) is 36.4 Å². The molecule has 2 atom stereocenters. The zero-order chi connectivity index (χ0) is 23.6. The van der Waals surface area contributed by atoms with E-state index in [9.17, 15) is 4.79 Å². The normalized spacial score (nSPS) is 18.7. The molecule has 1 heterocycles. The second kappa shape index (κ2) is 9.65. The van der Waals surface area contributed by atoms with Gasteiger partial charge >= 0.3 is 0 Å². The fraction of sp³-hybridized carbons (Fsp3) is 0.417. The van der Waals surface area contributed by atoms with Crippen molar-refractivity contribution < 1.29 is 19.0 Å². The van der Waals surface area contributed by atoms with Crippen LogP contribution in [0.5, 0.6) is 11.5 Å². The number of nitrogens with zero attached hydrogens (tertiary/aromatic N) is 1. The van der Waals surface area contributed by atoms with Crippen molar-refractivity contribution in [2.45, 2.75) is 39.4 Å². The van der Waals surface area contributed by atoms with Crippen LogP contribution in [0.2, 0.25) is 5.02 Å². The Labute approximate surface area is 199 Å². The summed E-state index contributed by atoms with van der Waals surface area (Å²) in [5.74, 6) is 0.891. The highest BCUT2D eigenvalue weighted by Crippen LogP contribution is 2.45. The summed E-state index contributed by atoms with van der Waals surface area (Å²) in [6.45, 7) is 6.71. The number of halogens is 1. The van der Waals surface area contributed by atoms with Crippen LogP contribution in [0.4, 0.5) is 5.69 Å². The zero-order valence-corrected chi connectivity index (χ0v) is 20.5. The molecule has 0 radical (unpaired) electrons. The number of rotatable bonds is 6. The van der Waals surface area contributed by atoms with E-state index in [2.05, 4.69) is 20.8 Å². The number of hydrogen-bond donors (Lipinski definition) is 1. The number of benzene rings is 2. The monoisotopic (exact) mass is 476 g/mol. The number of carbonyl (C=O) groups is 1. The minimum absolute atomic E-state index is 0.124. The van der Waals surface area contributed by atoms with Crippen LogP contribution in [0.3, 0.4) is 0 Å². The van der Waals surface area contributed by atoms with E-state index < -0.39 is 12.2 Å². The quantitative estimate of drug-likeness (QED) is 0.597. The van der Waals surface area contributed by atoms with Crippen molar-refractivity contribution in [3.8, 4) is 11.5 Å². The van der Waals surface area contributed by atoms with Crippen molar-refractivity contribution in [1.29, 1.82) is 0 Å². The van der Waals surface area contributed by atoms with Gasteiger partial charge in [0, 0.05) is 34.8 Å². The molecule has 2 aromatic rings. The van der Waals surface area contributed by atoms with Crippen LogP contribution >= 0.6 is 23.8 Å². The first-order valence-corrected chi connectivity index (χ1v) is 11.1. The van der Waals surface area contributed by atoms with E-state index in [0.29, 0.717) is 28.6 Å². The van der Waals surface area contributed by atoms with Gasteiger partial charge in [0.15, 0.2) is 11.5 Å². The van der Waals surface area contributed by atoms with Crippen LogP contribution in [-0.4, -0.2) is 37.8 Å². The molecule has 0 saturated heterocycles. The smallest absolute Gasteiger partial charge is 0.256 e. The van der Waals surface area contributed by atoms with Gasteiger partial charge in [0.2, 0.25) is 0 Å². The minimum Gasteiger partial charge on any atom is -0.493 e. The van der Waals surface area contributed by atoms with Gasteiger partial charge in [-0.15, -0.1) is 0 Å². The molecule has 0 fully saturated rings. The summed E-state index contributed by atoms with van der Waals surface area (Å²) in [5.41, 5.74) is 7.88. The summed E-state index contributed by atoms with van der Waals surface area (Å²) in [4.78, 5) is 15.6. The molecule has 2 aromatic carbocycles. The molecule has 3 rings (SSSR count). The molecule has 1 aliphatic rings. The Morgan fingerprint density at radius 1 is 1.19 bits per heavy atom. The summed E-state index contributed by atoms with van der Waals surface area (Å²) in [5, 5.41) is 0.537. The first-order valence-electron chi connectivity index (χ1n) is 10.3. The molecule has 8 heteroatoms. The Kier molecular flexibility index (Phi) is 7.32. The Morgan fingerprint density at radius 3 is 2.50 bits per heavy atom. The molecule has 1 aliphatic heterocycles. The largest absolute Gasteiger partial charge is 0.493 e. The van der Waals surface area contributed by atoms with Gasteiger partial charge in [-0.25, -0.2) is 0 Å². The van der Waals surface area contributed by atoms with Crippen LogP contribution in [0, 0.1) is 5.41 Å². The second-order valence-corrected chi connectivity index (χ2v) is 9.91. The predicted molar refractivity (Wildman–Crippen MR) is 131 cm³/mol. The van der Waals surface area contributed by atoms with E-state index in [1.807, 2.05) is 30.3 Å². The molecule has 0 spiro atoms. The SMILES string of the molecule is COc1cccc([C@H]2O[C@H](CC(N)=S)C(=O)N(CC(C)(C)C)c3ccc(Cl)cc32)c1OC. The number of para-hydroxylation sites is 1. The highest BCUT2D eigenvalue weighted by Gasteiger charge is 2.39. The fourth-order valence-corrected chi connectivity index (χ4v) is 4.22. The van der Waals surface area contributed by atoms with Crippen molar-refractivity contribution >= 4 is 40.4 Å². The maximum atomic E-state index is 13.7. The van der Waals surface area contributed by atoms with Gasteiger partial charge in [-0.05, 0) is 29.7 Å². The van der Waals surface area contributed by atoms with Crippen LogP contribution in [0.25, 0.3) is 0 Å². The number of fused-ring (bicyclic) bond motifs is 1. The summed E-state index contributed by atoms with van der Waals surface area (Å²) < 4.78 is 17.6. The lowest BCUT2D eigenvalue weighted by atomic mass is 9.94. The van der Waals surface area contributed by atoms with Gasteiger partial charge in [0.05, 0.1) is 19.2 Å². The van der Waals surface area contributed by atoms with Gasteiger partial charge in [0.25, 0.3) is 5.91 Å². The molecule has 0 bridgehead atoms. The third kappa shape index (κ3) is 5.17. The van der Waals surface area contributed by atoms with E-state index in [0.717, 1.165) is 11.3 Å². The third-order valence-corrected chi connectivity index (χ3v) is 5.54. The summed E-state index contributed by atoms with van der Waals surface area (Å²) in [7, 11) is 3.14. The first kappa shape index (κ1) is 24.3. The molecular formula is C24H29ClN2O4S. The Morgan fingerprint density at radius 2 is 1.91 bits per heavy atom. The van der Waals surface area contributed by atoms with Crippen molar-refractivity contribution in [1.82, 2.24) is 0 Å². The summed E-state index contributed by atoms with van der Waals surface area (Å²) in [6, 6.07) is 11.0. The molecule has 0 unspecified atom stereocenters. The molecule has 0 saturated carbocycles. The number of carbonyl (C=O) groups excluding carboxylic acids is 1. The van der Waals surface area contributed by atoms with E-state index >= 15 is 0 Å². The summed E-state index contributed by atoms with van der Waals surface area (Å²) in [6.07, 6.45) is -1.39. The Hall–Kier alpha value is -2.35. The van der Waals surface area contributed by atoms with Gasteiger partial charge < -0.3 is 24.8 Å². The maximum absolute atomic E-state index is 13.7. The molecule has 0 aliphatic carbocycles. The van der Waals surface area contributed by atoms with Crippen LogP contribution < -0.4 is 20.1 Å². The van der Waals surface area contributed by atoms with Crippen LogP contribution in [0.1, 0.15) is 44.4 Å².